The predicted molar refractivity (Wildman–Crippen MR) is 169 cm³/mol. The van der Waals surface area contributed by atoms with Crippen LogP contribution in [0, 0.1) is 11.8 Å². The fraction of sp³-hybridized carbons (Fsp3) is 0.941. The number of rotatable bonds is 3. The Kier molecular flexibility index (Phi) is 16.1. The molecule has 12 atom stereocenters. The molecule has 2 saturated heterocycles. The average Bonchev–Trinajstić information content (AvgIpc) is 2.96. The van der Waals surface area contributed by atoms with E-state index in [1.54, 1.807) is 6.92 Å². The third-order valence-corrected chi connectivity index (χ3v) is 10.2. The topological polar surface area (TPSA) is 209 Å². The molecule has 3 rings (SSSR count). The number of carbonyl (C=O) groups is 2. The number of aliphatic carboxylic acids is 1. The minimum Gasteiger partial charge on any atom is -0.481 e. The molecule has 1 aliphatic carbocycles. The van der Waals surface area contributed by atoms with Crippen LogP contribution in [0.1, 0.15) is 129 Å². The lowest BCUT2D eigenvalue weighted by Crippen LogP contribution is -2.61. The van der Waals surface area contributed by atoms with Gasteiger partial charge >= 0.3 is 11.9 Å². The quantitative estimate of drug-likeness (QED) is 0.218. The molecule has 0 spiro atoms. The molecular formula is C34H61NO11. The Labute approximate surface area is 274 Å². The Morgan fingerprint density at radius 1 is 0.848 bits per heavy atom. The monoisotopic (exact) mass is 659 g/mol. The molecule has 1 saturated carbocycles. The van der Waals surface area contributed by atoms with Crippen LogP contribution < -0.4 is 5.73 Å². The third-order valence-electron chi connectivity index (χ3n) is 10.2. The summed E-state index contributed by atoms with van der Waals surface area (Å²) in [5.74, 6) is -3.16. The van der Waals surface area contributed by atoms with Crippen LogP contribution in [0.4, 0.5) is 0 Å². The van der Waals surface area contributed by atoms with Crippen molar-refractivity contribution in [3.8, 4) is 0 Å². The number of nitrogens with two attached hydrogens (primary N) is 1. The molecule has 0 aromatic heterocycles. The van der Waals surface area contributed by atoms with Gasteiger partial charge in [-0.2, -0.15) is 0 Å². The zero-order valence-electron chi connectivity index (χ0n) is 27.9. The molecule has 12 nitrogen and oxygen atoms in total. The molecule has 3 fully saturated rings. The molecule has 0 aromatic carbocycles. The van der Waals surface area contributed by atoms with E-state index in [0.29, 0.717) is 32.1 Å². The summed E-state index contributed by atoms with van der Waals surface area (Å²) in [6.07, 6.45) is 4.09. The first-order valence-corrected chi connectivity index (χ1v) is 17.7. The maximum Gasteiger partial charge on any atom is 0.309 e. The van der Waals surface area contributed by atoms with Gasteiger partial charge in [0.2, 0.25) is 0 Å². The van der Waals surface area contributed by atoms with Gasteiger partial charge in [0.25, 0.3) is 0 Å². The fourth-order valence-electron chi connectivity index (χ4n) is 7.64. The fourth-order valence-corrected chi connectivity index (χ4v) is 7.64. The molecule has 0 amide bonds. The summed E-state index contributed by atoms with van der Waals surface area (Å²) < 4.78 is 17.6. The normalized spacial score (nSPS) is 42.3. The molecule has 0 aromatic rings. The summed E-state index contributed by atoms with van der Waals surface area (Å²) in [6.45, 7) is 3.57. The molecule has 2 heterocycles. The minimum absolute atomic E-state index is 0.00726. The number of esters is 1. The van der Waals surface area contributed by atoms with Crippen molar-refractivity contribution in [2.24, 2.45) is 17.6 Å². The van der Waals surface area contributed by atoms with Crippen LogP contribution in [0.3, 0.4) is 0 Å². The molecule has 46 heavy (non-hydrogen) atoms. The second kappa shape index (κ2) is 19.0. The number of hydrogen-bond donors (Lipinski definition) is 7. The van der Waals surface area contributed by atoms with Crippen molar-refractivity contribution >= 4 is 11.9 Å². The highest BCUT2D eigenvalue weighted by Gasteiger charge is 2.49. The highest BCUT2D eigenvalue weighted by molar-refractivity contribution is 5.71. The molecular weight excluding hydrogens is 598 g/mol. The number of carboxylic acid groups (broad SMARTS) is 1. The van der Waals surface area contributed by atoms with Gasteiger partial charge < -0.3 is 50.6 Å². The van der Waals surface area contributed by atoms with E-state index in [9.17, 15) is 40.2 Å². The van der Waals surface area contributed by atoms with Crippen molar-refractivity contribution in [3.63, 3.8) is 0 Å². The van der Waals surface area contributed by atoms with E-state index in [1.807, 2.05) is 6.92 Å². The number of aliphatic hydroxyl groups excluding tert-OH is 4. The molecule has 2 bridgehead atoms. The standard InChI is InChI=1S/C34H61NO11/c1-21-13-9-6-4-3-5-7-11-15-25(46-33-31(40)29(35)30(39)22(2)45-33)17-23-18-34(43,20-26(37)28(23)32(41)42)19-24(36)14-10-8-12-16-27(38)44-21/h21-26,28-31,33,36-37,39-40,43H,3-20,35H2,1-2H3,(H,41,42)/t21?,22-,23?,24?,25?,26?,28?,29+,30-,31-,33?,34?/m1/s1. The molecule has 8 N–H and O–H groups in total. The van der Waals surface area contributed by atoms with Crippen LogP contribution in [-0.2, 0) is 23.8 Å². The Morgan fingerprint density at radius 2 is 1.46 bits per heavy atom. The second-order valence-corrected chi connectivity index (χ2v) is 14.4. The number of fused-ring (bicyclic) bond motifs is 2. The van der Waals surface area contributed by atoms with Crippen LogP contribution in [0.5, 0.6) is 0 Å². The van der Waals surface area contributed by atoms with Crippen LogP contribution in [-0.4, -0.2) is 103 Å². The third kappa shape index (κ3) is 12.3. The minimum atomic E-state index is -1.48. The van der Waals surface area contributed by atoms with E-state index in [2.05, 4.69) is 0 Å². The highest BCUT2D eigenvalue weighted by Crippen LogP contribution is 2.43. The highest BCUT2D eigenvalue weighted by atomic mass is 16.7. The van der Waals surface area contributed by atoms with Gasteiger partial charge in [0, 0.05) is 19.3 Å². The van der Waals surface area contributed by atoms with Gasteiger partial charge in [0.15, 0.2) is 6.29 Å². The second-order valence-electron chi connectivity index (χ2n) is 14.4. The van der Waals surface area contributed by atoms with Crippen LogP contribution in [0.25, 0.3) is 0 Å². The van der Waals surface area contributed by atoms with Gasteiger partial charge in [0.1, 0.15) is 6.10 Å². The van der Waals surface area contributed by atoms with E-state index < -0.39 is 72.4 Å². The Morgan fingerprint density at radius 3 is 2.13 bits per heavy atom. The van der Waals surface area contributed by atoms with Crippen LogP contribution in [0.2, 0.25) is 0 Å². The summed E-state index contributed by atoms with van der Waals surface area (Å²) in [7, 11) is 0. The lowest BCUT2D eigenvalue weighted by atomic mass is 9.66. The number of cyclic esters (lactones) is 1. The Bertz CT molecular complexity index is 924. The number of ether oxygens (including phenoxy) is 3. The van der Waals surface area contributed by atoms with Crippen molar-refractivity contribution in [3.05, 3.63) is 0 Å². The first-order chi connectivity index (χ1) is 21.8. The predicted octanol–water partition coefficient (Wildman–Crippen LogP) is 2.92. The van der Waals surface area contributed by atoms with E-state index in [-0.39, 0.29) is 37.8 Å². The summed E-state index contributed by atoms with van der Waals surface area (Å²) in [4.78, 5) is 24.6. The van der Waals surface area contributed by atoms with E-state index >= 15 is 0 Å². The van der Waals surface area contributed by atoms with Crippen molar-refractivity contribution in [2.75, 3.05) is 0 Å². The smallest absolute Gasteiger partial charge is 0.309 e. The number of carboxylic acids is 1. The average molecular weight is 660 g/mol. The van der Waals surface area contributed by atoms with Gasteiger partial charge in [-0.05, 0) is 64.7 Å². The van der Waals surface area contributed by atoms with Gasteiger partial charge in [-0.3, -0.25) is 9.59 Å². The van der Waals surface area contributed by atoms with E-state index in [1.165, 1.54) is 0 Å². The molecule has 3 aliphatic rings. The summed E-state index contributed by atoms with van der Waals surface area (Å²) >= 11 is 0. The molecule has 268 valence electrons. The molecule has 8 unspecified atom stereocenters. The number of carbonyl (C=O) groups excluding carboxylic acids is 1. The summed E-state index contributed by atoms with van der Waals surface area (Å²) in [6, 6.07) is -0.978. The summed E-state index contributed by atoms with van der Waals surface area (Å²) in [5, 5.41) is 64.5. The van der Waals surface area contributed by atoms with Crippen molar-refractivity contribution in [1.29, 1.82) is 0 Å². The zero-order valence-corrected chi connectivity index (χ0v) is 27.9. The zero-order chi connectivity index (χ0) is 33.9. The molecule has 0 radical (unpaired) electrons. The number of aliphatic hydroxyl groups is 5. The van der Waals surface area contributed by atoms with Gasteiger partial charge in [-0.15, -0.1) is 0 Å². The van der Waals surface area contributed by atoms with Gasteiger partial charge in [-0.25, -0.2) is 0 Å². The Hall–Kier alpha value is -1.38. The van der Waals surface area contributed by atoms with Crippen LogP contribution >= 0.6 is 0 Å². The maximum atomic E-state index is 12.4. The van der Waals surface area contributed by atoms with Crippen molar-refractivity contribution in [1.82, 2.24) is 0 Å². The Balaban J connectivity index is 1.75. The lowest BCUT2D eigenvalue weighted by Gasteiger charge is -2.45. The van der Waals surface area contributed by atoms with Crippen molar-refractivity contribution in [2.45, 2.75) is 190 Å². The van der Waals surface area contributed by atoms with Gasteiger partial charge in [-0.1, -0.05) is 51.4 Å². The van der Waals surface area contributed by atoms with Crippen molar-refractivity contribution < 1.29 is 54.4 Å². The van der Waals surface area contributed by atoms with Crippen LogP contribution in [0.15, 0.2) is 0 Å². The van der Waals surface area contributed by atoms with Gasteiger partial charge in [0.05, 0.1) is 54.2 Å². The first kappa shape index (κ1) is 39.1. The molecule has 12 heteroatoms. The maximum absolute atomic E-state index is 12.4. The van der Waals surface area contributed by atoms with E-state index in [4.69, 9.17) is 19.9 Å². The largest absolute Gasteiger partial charge is 0.481 e. The van der Waals surface area contributed by atoms with E-state index in [0.717, 1.165) is 57.8 Å². The molecule has 2 aliphatic heterocycles. The first-order valence-electron chi connectivity index (χ1n) is 17.7. The summed E-state index contributed by atoms with van der Waals surface area (Å²) in [5.41, 5.74) is 4.57. The SMILES string of the molecule is CC1CCCCCCCCCC(OC2O[C@H](C)[C@@H](O)[C@H](N)[C@H]2O)CC2CC(O)(CC(O)CCCCCC(=O)O1)CC(O)C2C(=O)O. The number of hydrogen-bond acceptors (Lipinski definition) is 11. The lowest BCUT2D eigenvalue weighted by molar-refractivity contribution is -0.283.